The molecule has 2 aliphatic carbocycles. The van der Waals surface area contributed by atoms with Crippen molar-refractivity contribution >= 4 is 17.6 Å². The van der Waals surface area contributed by atoms with Gasteiger partial charge >= 0.3 is 6.09 Å². The highest BCUT2D eigenvalue weighted by Crippen LogP contribution is 2.50. The van der Waals surface area contributed by atoms with Crippen molar-refractivity contribution in [2.24, 2.45) is 22.7 Å². The van der Waals surface area contributed by atoms with Gasteiger partial charge in [0.05, 0.1) is 5.69 Å². The van der Waals surface area contributed by atoms with E-state index in [1.807, 2.05) is 12.1 Å². The Bertz CT molecular complexity index is 807. The molecule has 0 aromatic heterocycles. The zero-order valence-corrected chi connectivity index (χ0v) is 18.2. The Morgan fingerprint density at radius 1 is 1.10 bits per heavy atom. The number of nitrogens with zero attached hydrogens (tertiary/aromatic N) is 2. The second-order valence-corrected chi connectivity index (χ2v) is 9.88. The lowest BCUT2D eigenvalue weighted by atomic mass is 9.68. The average molecular weight is 410 g/mol. The highest BCUT2D eigenvalue weighted by atomic mass is 16.6. The van der Waals surface area contributed by atoms with E-state index < -0.39 is 0 Å². The third-order valence-electron chi connectivity index (χ3n) is 7.61. The average Bonchev–Trinajstić information content (AvgIpc) is 2.89. The van der Waals surface area contributed by atoms with Crippen molar-refractivity contribution in [3.05, 3.63) is 23.8 Å². The van der Waals surface area contributed by atoms with Crippen molar-refractivity contribution in [1.82, 2.24) is 10.2 Å². The second-order valence-electron chi connectivity index (χ2n) is 9.88. The van der Waals surface area contributed by atoms with Gasteiger partial charge in [0.1, 0.15) is 11.6 Å². The summed E-state index contributed by atoms with van der Waals surface area (Å²) in [6.07, 6.45) is 12.3. The normalized spacial score (nSPS) is 28.4. The number of fused-ring (bicyclic) bond motifs is 1. The van der Waals surface area contributed by atoms with Gasteiger partial charge in [-0.05, 0) is 62.0 Å². The maximum Gasteiger partial charge on any atom is 0.412 e. The molecule has 2 unspecified atom stereocenters. The summed E-state index contributed by atoms with van der Waals surface area (Å²) in [5.41, 5.74) is 2.25. The summed E-state index contributed by atoms with van der Waals surface area (Å²) in [6, 6.07) is 6.64. The molecule has 3 heterocycles. The van der Waals surface area contributed by atoms with Crippen LogP contribution in [0.3, 0.4) is 0 Å². The van der Waals surface area contributed by atoms with E-state index in [1.165, 1.54) is 62.8 Å². The first-order valence-electron chi connectivity index (χ1n) is 12.1. The van der Waals surface area contributed by atoms with Crippen LogP contribution in [0, 0.1) is 17.8 Å². The number of hydrogen-bond donors (Lipinski definition) is 1. The summed E-state index contributed by atoms with van der Waals surface area (Å²) < 4.78 is 5.55. The SMILES string of the molecule is CCCCCCCNC(=O)Oc1ccc2c(c1)N=C1C3CC4CC(C3)CC(C4)N1C2. The summed E-state index contributed by atoms with van der Waals surface area (Å²) in [4.78, 5) is 19.9. The van der Waals surface area contributed by atoms with Crippen LogP contribution in [0.5, 0.6) is 5.75 Å². The van der Waals surface area contributed by atoms with E-state index in [2.05, 4.69) is 23.2 Å². The zero-order valence-electron chi connectivity index (χ0n) is 18.2. The number of carbonyl (C=O) groups is 1. The number of ether oxygens (including phenoxy) is 1. The van der Waals surface area contributed by atoms with Crippen LogP contribution in [-0.4, -0.2) is 29.4 Å². The van der Waals surface area contributed by atoms with Crippen LogP contribution in [0.4, 0.5) is 10.5 Å². The third-order valence-corrected chi connectivity index (χ3v) is 7.61. The van der Waals surface area contributed by atoms with E-state index in [4.69, 9.17) is 9.73 Å². The highest BCUT2D eigenvalue weighted by Gasteiger charge is 2.46. The van der Waals surface area contributed by atoms with Crippen molar-refractivity contribution < 1.29 is 9.53 Å². The van der Waals surface area contributed by atoms with Gasteiger partial charge in [0.15, 0.2) is 0 Å². The van der Waals surface area contributed by atoms with Gasteiger partial charge in [-0.25, -0.2) is 9.79 Å². The van der Waals surface area contributed by atoms with E-state index in [0.29, 0.717) is 24.3 Å². The molecule has 5 heteroatoms. The molecule has 1 aromatic rings. The number of unbranched alkanes of at least 4 members (excludes halogenated alkanes) is 4. The van der Waals surface area contributed by atoms with Gasteiger partial charge in [-0.15, -0.1) is 0 Å². The van der Waals surface area contributed by atoms with E-state index >= 15 is 0 Å². The van der Waals surface area contributed by atoms with Crippen LogP contribution in [0.1, 0.15) is 76.7 Å². The van der Waals surface area contributed by atoms with Gasteiger partial charge in [0.2, 0.25) is 0 Å². The number of aliphatic imine (C=N–C) groups is 1. The van der Waals surface area contributed by atoms with Crippen LogP contribution in [-0.2, 0) is 6.54 Å². The Balaban J connectivity index is 1.23. The van der Waals surface area contributed by atoms with Crippen molar-refractivity contribution in [2.45, 2.75) is 83.7 Å². The fourth-order valence-corrected chi connectivity index (χ4v) is 6.28. The molecular formula is C25H35N3O2. The molecule has 0 radical (unpaired) electrons. The Hall–Kier alpha value is -2.04. The Labute approximate surface area is 180 Å². The number of nitrogens with one attached hydrogen (secondary N) is 1. The van der Waals surface area contributed by atoms with Crippen molar-refractivity contribution in [3.63, 3.8) is 0 Å². The van der Waals surface area contributed by atoms with Crippen LogP contribution in [0.15, 0.2) is 23.2 Å². The van der Waals surface area contributed by atoms with Crippen molar-refractivity contribution in [2.75, 3.05) is 6.54 Å². The maximum atomic E-state index is 12.2. The zero-order chi connectivity index (χ0) is 20.5. The molecule has 2 saturated carbocycles. The number of amidine groups is 1. The predicted octanol–water partition coefficient (Wildman–Crippen LogP) is 5.80. The largest absolute Gasteiger partial charge is 0.412 e. The third kappa shape index (κ3) is 4.08. The minimum absolute atomic E-state index is 0.360. The lowest BCUT2D eigenvalue weighted by Gasteiger charge is -2.39. The molecule has 6 rings (SSSR count). The smallest absolute Gasteiger partial charge is 0.410 e. The predicted molar refractivity (Wildman–Crippen MR) is 119 cm³/mol. The summed E-state index contributed by atoms with van der Waals surface area (Å²) in [5.74, 6) is 4.32. The van der Waals surface area contributed by atoms with E-state index in [0.717, 1.165) is 36.9 Å². The molecule has 4 bridgehead atoms. The molecule has 4 fully saturated rings. The lowest BCUT2D eigenvalue weighted by Crippen LogP contribution is -2.41. The standard InChI is InChI=1S/C25H35N3O2/c1-2-3-4-5-6-9-26-25(29)30-22-8-7-19-16-28-21-13-17-10-18(14-21)12-20(11-17)24(28)27-23(19)15-22/h7-8,15,17-18,20-21H,2-6,9-14,16H2,1H3,(H,26,29). The Morgan fingerprint density at radius 3 is 2.70 bits per heavy atom. The molecule has 0 spiro atoms. The molecule has 3 aliphatic heterocycles. The first-order valence-corrected chi connectivity index (χ1v) is 12.1. The number of hydrogen-bond acceptors (Lipinski definition) is 4. The van der Waals surface area contributed by atoms with Crippen LogP contribution in [0.2, 0.25) is 0 Å². The van der Waals surface area contributed by atoms with E-state index in [9.17, 15) is 4.79 Å². The molecule has 1 N–H and O–H groups in total. The summed E-state index contributed by atoms with van der Waals surface area (Å²) in [5, 5.41) is 2.88. The van der Waals surface area contributed by atoms with Gasteiger partial charge in [-0.1, -0.05) is 38.7 Å². The number of amides is 1. The van der Waals surface area contributed by atoms with Crippen molar-refractivity contribution in [3.8, 4) is 5.75 Å². The monoisotopic (exact) mass is 409 g/mol. The minimum Gasteiger partial charge on any atom is -0.410 e. The van der Waals surface area contributed by atoms with E-state index in [1.54, 1.807) is 0 Å². The van der Waals surface area contributed by atoms with Crippen LogP contribution >= 0.6 is 0 Å². The van der Waals surface area contributed by atoms with Gasteiger partial charge in [0.25, 0.3) is 0 Å². The summed E-state index contributed by atoms with van der Waals surface area (Å²) >= 11 is 0. The molecular weight excluding hydrogens is 374 g/mol. The molecule has 2 atom stereocenters. The molecule has 2 saturated heterocycles. The summed E-state index contributed by atoms with van der Waals surface area (Å²) in [6.45, 7) is 3.84. The molecule has 1 aromatic carbocycles. The van der Waals surface area contributed by atoms with Crippen LogP contribution < -0.4 is 10.1 Å². The van der Waals surface area contributed by atoms with Crippen molar-refractivity contribution in [1.29, 1.82) is 0 Å². The quantitative estimate of drug-likeness (QED) is 0.579. The number of rotatable bonds is 7. The molecule has 162 valence electrons. The molecule has 5 nitrogen and oxygen atoms in total. The molecule has 5 aliphatic rings. The van der Waals surface area contributed by atoms with Gasteiger partial charge in [-0.2, -0.15) is 0 Å². The molecule has 1 amide bonds. The highest BCUT2D eigenvalue weighted by molar-refractivity contribution is 5.90. The lowest BCUT2D eigenvalue weighted by molar-refractivity contribution is 0.128. The first kappa shape index (κ1) is 19.9. The Morgan fingerprint density at radius 2 is 1.90 bits per heavy atom. The van der Waals surface area contributed by atoms with E-state index in [-0.39, 0.29) is 6.09 Å². The van der Waals surface area contributed by atoms with Crippen LogP contribution in [0.25, 0.3) is 0 Å². The minimum atomic E-state index is -0.360. The topological polar surface area (TPSA) is 53.9 Å². The Kier molecular flexibility index (Phi) is 5.70. The van der Waals surface area contributed by atoms with Gasteiger partial charge in [-0.3, -0.25) is 0 Å². The first-order chi connectivity index (χ1) is 14.7. The summed E-state index contributed by atoms with van der Waals surface area (Å²) in [7, 11) is 0. The fourth-order valence-electron chi connectivity index (χ4n) is 6.28. The van der Waals surface area contributed by atoms with Gasteiger partial charge in [0, 0.05) is 31.1 Å². The fraction of sp³-hybridized carbons (Fsp3) is 0.680. The number of carbonyl (C=O) groups excluding carboxylic acids is 1. The number of benzene rings is 1. The maximum absolute atomic E-state index is 12.2. The van der Waals surface area contributed by atoms with Gasteiger partial charge < -0.3 is 15.0 Å². The second kappa shape index (κ2) is 8.60. The molecule has 30 heavy (non-hydrogen) atoms.